The Hall–Kier alpha value is -1.40. The largest absolute Gasteiger partial charge is 0.435 e. The number of carbonyl (C=O) groups excluding carboxylic acids is 1. The minimum atomic E-state index is -2.82. The number of rotatable bonds is 5. The first-order valence-electron chi connectivity index (χ1n) is 6.70. The number of benzene rings is 1. The van der Waals surface area contributed by atoms with Crippen molar-refractivity contribution in [3.05, 3.63) is 29.8 Å². The van der Waals surface area contributed by atoms with E-state index in [0.717, 1.165) is 31.4 Å². The highest BCUT2D eigenvalue weighted by Crippen LogP contribution is 2.15. The van der Waals surface area contributed by atoms with Gasteiger partial charge in [0.15, 0.2) is 0 Å². The molecule has 1 heterocycles. The molecule has 0 spiro atoms. The molecule has 1 saturated heterocycles. The van der Waals surface area contributed by atoms with Crippen molar-refractivity contribution in [2.24, 2.45) is 0 Å². The van der Waals surface area contributed by atoms with Crippen LogP contribution < -0.4 is 15.4 Å². The van der Waals surface area contributed by atoms with Crippen molar-refractivity contribution in [3.63, 3.8) is 0 Å². The molecule has 1 aliphatic heterocycles. The van der Waals surface area contributed by atoms with Gasteiger partial charge in [0.2, 0.25) is 5.91 Å². The Kier molecular flexibility index (Phi) is 7.39. The molecule has 0 bridgehead atoms. The van der Waals surface area contributed by atoms with E-state index in [-0.39, 0.29) is 30.1 Å². The van der Waals surface area contributed by atoms with Gasteiger partial charge in [-0.05, 0) is 37.1 Å². The van der Waals surface area contributed by atoms with Gasteiger partial charge < -0.3 is 15.4 Å². The van der Waals surface area contributed by atoms with Gasteiger partial charge in [0.05, 0.1) is 6.04 Å². The molecule has 2 N–H and O–H groups in total. The van der Waals surface area contributed by atoms with Crippen LogP contribution in [0.3, 0.4) is 0 Å². The van der Waals surface area contributed by atoms with Gasteiger partial charge in [-0.25, -0.2) is 0 Å². The second-order valence-corrected chi connectivity index (χ2v) is 4.74. The van der Waals surface area contributed by atoms with Crippen molar-refractivity contribution in [2.75, 3.05) is 6.54 Å². The Morgan fingerprint density at radius 3 is 2.62 bits per heavy atom. The van der Waals surface area contributed by atoms with Crippen LogP contribution in [0.2, 0.25) is 0 Å². The average molecular weight is 321 g/mol. The van der Waals surface area contributed by atoms with Crippen LogP contribution in [0.1, 0.15) is 24.8 Å². The van der Waals surface area contributed by atoms with E-state index in [1.54, 1.807) is 12.1 Å². The van der Waals surface area contributed by atoms with Crippen LogP contribution in [0.15, 0.2) is 24.3 Å². The highest BCUT2D eigenvalue weighted by molar-refractivity contribution is 5.85. The van der Waals surface area contributed by atoms with Crippen molar-refractivity contribution in [1.82, 2.24) is 10.6 Å². The molecule has 1 aliphatic rings. The summed E-state index contributed by atoms with van der Waals surface area (Å²) in [6.07, 6.45) is 3.02. The fourth-order valence-electron chi connectivity index (χ4n) is 2.18. The molecule has 118 valence electrons. The smallest absolute Gasteiger partial charge is 0.387 e. The van der Waals surface area contributed by atoms with Gasteiger partial charge in [-0.2, -0.15) is 8.78 Å². The maximum Gasteiger partial charge on any atom is 0.387 e. The van der Waals surface area contributed by atoms with Crippen molar-refractivity contribution < 1.29 is 18.3 Å². The summed E-state index contributed by atoms with van der Waals surface area (Å²) in [5, 5.41) is 6.01. The van der Waals surface area contributed by atoms with E-state index >= 15 is 0 Å². The first kappa shape index (κ1) is 17.7. The van der Waals surface area contributed by atoms with Gasteiger partial charge in [0.1, 0.15) is 5.75 Å². The zero-order valence-electron chi connectivity index (χ0n) is 11.5. The number of ether oxygens (including phenoxy) is 1. The van der Waals surface area contributed by atoms with Gasteiger partial charge in [-0.1, -0.05) is 18.6 Å². The second kappa shape index (κ2) is 8.79. The van der Waals surface area contributed by atoms with Crippen LogP contribution >= 0.6 is 12.4 Å². The molecular weight excluding hydrogens is 302 g/mol. The minimum absolute atomic E-state index is 0. The Labute approximate surface area is 128 Å². The number of hydrogen-bond acceptors (Lipinski definition) is 3. The van der Waals surface area contributed by atoms with E-state index in [1.807, 2.05) is 0 Å². The van der Waals surface area contributed by atoms with E-state index < -0.39 is 6.61 Å². The van der Waals surface area contributed by atoms with Crippen LogP contribution in [0, 0.1) is 0 Å². The Balaban J connectivity index is 0.00000220. The first-order valence-corrected chi connectivity index (χ1v) is 6.70. The number of piperidine rings is 1. The van der Waals surface area contributed by atoms with E-state index in [9.17, 15) is 13.6 Å². The lowest BCUT2D eigenvalue weighted by molar-refractivity contribution is -0.123. The molecule has 1 atom stereocenters. The summed E-state index contributed by atoms with van der Waals surface area (Å²) in [6, 6.07) is 6.13. The molecule has 1 aromatic rings. The van der Waals surface area contributed by atoms with Crippen molar-refractivity contribution >= 4 is 18.3 Å². The Morgan fingerprint density at radius 2 is 2.05 bits per heavy atom. The third-order valence-electron chi connectivity index (χ3n) is 3.24. The zero-order valence-corrected chi connectivity index (χ0v) is 12.3. The highest BCUT2D eigenvalue weighted by Gasteiger charge is 2.19. The average Bonchev–Trinajstić information content (AvgIpc) is 2.46. The van der Waals surface area contributed by atoms with Crippen LogP contribution in [-0.2, 0) is 11.3 Å². The standard InChI is InChI=1S/C14H18F2N2O2.ClH/c15-14(16)20-11-6-4-10(5-7-11)9-18-13(19)12-3-1-2-8-17-12;/h4-7,12,14,17H,1-3,8-9H2,(H,18,19);1H/t12-;/m1./s1. The fourth-order valence-corrected chi connectivity index (χ4v) is 2.18. The summed E-state index contributed by atoms with van der Waals surface area (Å²) in [4.78, 5) is 11.9. The van der Waals surface area contributed by atoms with Gasteiger partial charge >= 0.3 is 6.61 Å². The summed E-state index contributed by atoms with van der Waals surface area (Å²) in [5.74, 6) is 0.0987. The van der Waals surface area contributed by atoms with Crippen molar-refractivity contribution in [3.8, 4) is 5.75 Å². The van der Waals surface area contributed by atoms with E-state index in [4.69, 9.17) is 0 Å². The number of halogens is 3. The Bertz CT molecular complexity index is 437. The molecular formula is C14H19ClF2N2O2. The summed E-state index contributed by atoms with van der Waals surface area (Å²) < 4.78 is 28.2. The summed E-state index contributed by atoms with van der Waals surface area (Å²) in [6.45, 7) is -1.57. The number of alkyl halides is 2. The predicted molar refractivity (Wildman–Crippen MR) is 77.8 cm³/mol. The van der Waals surface area contributed by atoms with Crippen LogP contribution in [0.25, 0.3) is 0 Å². The first-order chi connectivity index (χ1) is 9.65. The topological polar surface area (TPSA) is 50.4 Å². The van der Waals surface area contributed by atoms with Gasteiger partial charge in [-0.15, -0.1) is 12.4 Å². The summed E-state index contributed by atoms with van der Waals surface area (Å²) >= 11 is 0. The highest BCUT2D eigenvalue weighted by atomic mass is 35.5. The molecule has 2 rings (SSSR count). The summed E-state index contributed by atoms with van der Waals surface area (Å²) in [5.41, 5.74) is 0.843. The lowest BCUT2D eigenvalue weighted by Gasteiger charge is -2.22. The van der Waals surface area contributed by atoms with E-state index in [1.165, 1.54) is 12.1 Å². The number of amides is 1. The maximum atomic E-state index is 12.0. The minimum Gasteiger partial charge on any atom is -0.435 e. The lowest BCUT2D eigenvalue weighted by Crippen LogP contribution is -2.46. The van der Waals surface area contributed by atoms with Crippen LogP contribution in [-0.4, -0.2) is 25.1 Å². The van der Waals surface area contributed by atoms with E-state index in [0.29, 0.717) is 6.54 Å². The zero-order chi connectivity index (χ0) is 14.4. The normalized spacial score (nSPS) is 18.0. The molecule has 0 unspecified atom stereocenters. The fraction of sp³-hybridized carbons (Fsp3) is 0.500. The lowest BCUT2D eigenvalue weighted by atomic mass is 10.0. The number of hydrogen-bond donors (Lipinski definition) is 2. The molecule has 21 heavy (non-hydrogen) atoms. The predicted octanol–water partition coefficient (Wildman–Crippen LogP) is 2.47. The molecule has 1 aromatic carbocycles. The van der Waals surface area contributed by atoms with E-state index in [2.05, 4.69) is 15.4 Å². The molecule has 4 nitrogen and oxygen atoms in total. The van der Waals surface area contributed by atoms with Crippen LogP contribution in [0.5, 0.6) is 5.75 Å². The molecule has 0 aromatic heterocycles. The summed E-state index contributed by atoms with van der Waals surface area (Å²) in [7, 11) is 0. The molecule has 1 amide bonds. The van der Waals surface area contributed by atoms with Crippen molar-refractivity contribution in [1.29, 1.82) is 0 Å². The van der Waals surface area contributed by atoms with Crippen LogP contribution in [0.4, 0.5) is 8.78 Å². The molecule has 0 saturated carbocycles. The number of nitrogens with one attached hydrogen (secondary N) is 2. The van der Waals surface area contributed by atoms with Crippen molar-refractivity contribution in [2.45, 2.75) is 38.5 Å². The SMILES string of the molecule is Cl.O=C(NCc1ccc(OC(F)F)cc1)[C@H]1CCCCN1. The van der Waals surface area contributed by atoms with Gasteiger partial charge in [0, 0.05) is 6.54 Å². The Morgan fingerprint density at radius 1 is 1.33 bits per heavy atom. The second-order valence-electron chi connectivity index (χ2n) is 4.74. The number of carbonyl (C=O) groups is 1. The van der Waals surface area contributed by atoms with Gasteiger partial charge in [-0.3, -0.25) is 4.79 Å². The molecule has 0 radical (unpaired) electrons. The third-order valence-corrected chi connectivity index (χ3v) is 3.24. The van der Waals surface area contributed by atoms with Gasteiger partial charge in [0.25, 0.3) is 0 Å². The quantitative estimate of drug-likeness (QED) is 0.876. The maximum absolute atomic E-state index is 12.0. The molecule has 1 fully saturated rings. The third kappa shape index (κ3) is 5.85. The molecule has 0 aliphatic carbocycles. The monoisotopic (exact) mass is 320 g/mol. The molecule has 7 heteroatoms.